The predicted octanol–water partition coefficient (Wildman–Crippen LogP) is 5.53. The number of carbonyl (C=O) groups excluding carboxylic acids is 1. The summed E-state index contributed by atoms with van der Waals surface area (Å²) in [4.78, 5) is 31.3. The number of para-hydroxylation sites is 1. The average molecular weight is 483 g/mol. The highest BCUT2D eigenvalue weighted by atomic mass is 32.2. The zero-order chi connectivity index (χ0) is 23.4. The zero-order valence-corrected chi connectivity index (χ0v) is 18.4. The molecule has 4 rings (SSSR count). The van der Waals surface area contributed by atoms with Crippen LogP contribution in [0.25, 0.3) is 10.2 Å². The topological polar surface area (TPSA) is 118 Å². The Labute approximate surface area is 195 Å². The van der Waals surface area contributed by atoms with Gasteiger partial charge < -0.3 is 10.4 Å². The quantitative estimate of drug-likeness (QED) is 0.155. The average Bonchev–Trinajstić information content (AvgIpc) is 3.21. The molecular weight excluding hydrogens is 467 g/mol. The number of thiazole rings is 1. The Balaban J connectivity index is 1.44. The summed E-state index contributed by atoms with van der Waals surface area (Å²) >= 11 is 2.62. The van der Waals surface area contributed by atoms with Crippen LogP contribution in [0.15, 0.2) is 70.0 Å². The lowest BCUT2D eigenvalue weighted by Crippen LogP contribution is -2.14. The molecule has 0 aliphatic carbocycles. The van der Waals surface area contributed by atoms with E-state index in [4.69, 9.17) is 0 Å². The van der Waals surface area contributed by atoms with Crippen molar-refractivity contribution in [1.82, 2.24) is 4.98 Å². The van der Waals surface area contributed by atoms with Gasteiger partial charge in [0.2, 0.25) is 5.91 Å². The molecule has 0 saturated heterocycles. The van der Waals surface area contributed by atoms with Crippen LogP contribution in [0.5, 0.6) is 5.75 Å². The molecule has 0 saturated carbocycles. The molecule has 0 atom stereocenters. The maximum atomic E-state index is 13.7. The van der Waals surface area contributed by atoms with Gasteiger partial charge in [-0.1, -0.05) is 23.9 Å². The maximum absolute atomic E-state index is 13.7. The van der Waals surface area contributed by atoms with Gasteiger partial charge in [-0.05, 0) is 36.4 Å². The summed E-state index contributed by atoms with van der Waals surface area (Å²) in [5, 5.41) is 23.4. The van der Waals surface area contributed by atoms with Crippen LogP contribution in [-0.2, 0) is 4.79 Å². The molecular formula is C22H15FN4O4S2. The molecule has 0 unspecified atom stereocenters. The van der Waals surface area contributed by atoms with Crippen LogP contribution < -0.4 is 5.32 Å². The van der Waals surface area contributed by atoms with Crippen molar-refractivity contribution in [3.63, 3.8) is 0 Å². The van der Waals surface area contributed by atoms with E-state index in [9.17, 15) is 24.4 Å². The van der Waals surface area contributed by atoms with E-state index in [0.717, 1.165) is 10.2 Å². The van der Waals surface area contributed by atoms with Gasteiger partial charge in [0.05, 0.1) is 32.3 Å². The molecule has 0 spiro atoms. The van der Waals surface area contributed by atoms with Crippen LogP contribution in [0, 0.1) is 15.9 Å². The van der Waals surface area contributed by atoms with Gasteiger partial charge in [-0.15, -0.1) is 11.3 Å². The predicted molar refractivity (Wildman–Crippen MR) is 127 cm³/mol. The molecule has 0 bridgehead atoms. The molecule has 3 aromatic carbocycles. The number of hydrogen-bond acceptors (Lipinski definition) is 8. The molecule has 0 aliphatic heterocycles. The van der Waals surface area contributed by atoms with E-state index in [-0.39, 0.29) is 34.3 Å². The maximum Gasteiger partial charge on any atom is 0.270 e. The highest BCUT2D eigenvalue weighted by Crippen LogP contribution is 2.32. The van der Waals surface area contributed by atoms with E-state index >= 15 is 0 Å². The standard InChI is InChI=1S/C22H15FN4O4S2/c23-16-3-1-2-4-17(16)25-21(29)12-32-22-26-18-7-5-14(10-20(18)33-22)24-11-13-9-15(27(30)31)6-8-19(13)28/h1-11,28H,12H2,(H,25,29). The van der Waals surface area contributed by atoms with Crippen LogP contribution in [0.3, 0.4) is 0 Å². The Morgan fingerprint density at radius 1 is 1.24 bits per heavy atom. The molecule has 0 radical (unpaired) electrons. The van der Waals surface area contributed by atoms with E-state index in [2.05, 4.69) is 15.3 Å². The summed E-state index contributed by atoms with van der Waals surface area (Å²) in [5.74, 6) is -0.880. The van der Waals surface area contributed by atoms with Gasteiger partial charge in [-0.25, -0.2) is 9.37 Å². The molecule has 11 heteroatoms. The molecule has 4 aromatic rings. The lowest BCUT2D eigenvalue weighted by Gasteiger charge is -2.04. The normalized spacial score (nSPS) is 11.2. The fourth-order valence-electron chi connectivity index (χ4n) is 2.81. The number of aromatic nitrogens is 1. The number of non-ortho nitro benzene ring substituents is 1. The molecule has 1 heterocycles. The number of nitro benzene ring substituents is 1. The Morgan fingerprint density at radius 3 is 2.85 bits per heavy atom. The number of nitro groups is 1. The van der Waals surface area contributed by atoms with Crippen molar-refractivity contribution < 1.29 is 19.2 Å². The molecule has 1 amide bonds. The third kappa shape index (κ3) is 5.51. The van der Waals surface area contributed by atoms with Gasteiger partial charge in [-0.2, -0.15) is 0 Å². The van der Waals surface area contributed by atoms with E-state index in [1.54, 1.807) is 30.3 Å². The number of halogens is 1. The van der Waals surface area contributed by atoms with Gasteiger partial charge in [0, 0.05) is 23.9 Å². The van der Waals surface area contributed by atoms with E-state index < -0.39 is 10.7 Å². The second kappa shape index (κ2) is 9.76. The summed E-state index contributed by atoms with van der Waals surface area (Å²) < 4.78 is 15.2. The summed E-state index contributed by atoms with van der Waals surface area (Å²) in [6, 6.07) is 14.9. The summed E-state index contributed by atoms with van der Waals surface area (Å²) in [6.07, 6.45) is 1.35. The van der Waals surface area contributed by atoms with Gasteiger partial charge >= 0.3 is 0 Å². The van der Waals surface area contributed by atoms with Gasteiger partial charge in [0.1, 0.15) is 11.6 Å². The number of thioether (sulfide) groups is 1. The number of anilines is 1. The third-order valence-corrected chi connectivity index (χ3v) is 6.56. The van der Waals surface area contributed by atoms with E-state index in [1.807, 2.05) is 0 Å². The molecule has 2 N–H and O–H groups in total. The molecule has 1 aromatic heterocycles. The van der Waals surface area contributed by atoms with Crippen LogP contribution in [0.4, 0.5) is 21.5 Å². The highest BCUT2D eigenvalue weighted by Gasteiger charge is 2.11. The lowest BCUT2D eigenvalue weighted by molar-refractivity contribution is -0.384. The number of phenolic OH excluding ortho intramolecular Hbond substituents is 1. The first kappa shape index (κ1) is 22.4. The number of phenols is 1. The Kier molecular flexibility index (Phi) is 6.61. The van der Waals surface area contributed by atoms with Crippen molar-refractivity contribution >= 4 is 62.5 Å². The van der Waals surface area contributed by atoms with Crippen molar-refractivity contribution in [2.45, 2.75) is 4.34 Å². The first-order valence-electron chi connectivity index (χ1n) is 9.48. The second-order valence-corrected chi connectivity index (χ2v) is 8.96. The van der Waals surface area contributed by atoms with E-state index in [0.29, 0.717) is 10.0 Å². The fraction of sp³-hybridized carbons (Fsp3) is 0.0455. The summed E-state index contributed by atoms with van der Waals surface area (Å²) in [7, 11) is 0. The largest absolute Gasteiger partial charge is 0.507 e. The third-order valence-electron chi connectivity index (χ3n) is 4.40. The highest BCUT2D eigenvalue weighted by molar-refractivity contribution is 8.01. The summed E-state index contributed by atoms with van der Waals surface area (Å²) in [5.41, 5.74) is 1.52. The molecule has 0 fully saturated rings. The number of nitrogens with zero attached hydrogens (tertiary/aromatic N) is 3. The second-order valence-electron chi connectivity index (χ2n) is 6.71. The number of nitrogens with one attached hydrogen (secondary N) is 1. The van der Waals surface area contributed by atoms with Gasteiger partial charge in [0.25, 0.3) is 5.69 Å². The number of rotatable bonds is 7. The van der Waals surface area contributed by atoms with Crippen molar-refractivity contribution in [1.29, 1.82) is 0 Å². The van der Waals surface area contributed by atoms with Crippen LogP contribution >= 0.6 is 23.1 Å². The minimum Gasteiger partial charge on any atom is -0.507 e. The summed E-state index contributed by atoms with van der Waals surface area (Å²) in [6.45, 7) is 0. The van der Waals surface area contributed by atoms with Crippen LogP contribution in [0.2, 0.25) is 0 Å². The number of amides is 1. The van der Waals surface area contributed by atoms with E-state index in [1.165, 1.54) is 59.6 Å². The SMILES string of the molecule is O=C(CSc1nc2ccc(N=Cc3cc([N+](=O)[O-])ccc3O)cc2s1)Nc1ccccc1F. The van der Waals surface area contributed by atoms with Crippen LogP contribution in [-0.4, -0.2) is 32.9 Å². The van der Waals surface area contributed by atoms with Crippen molar-refractivity contribution in [3.8, 4) is 5.75 Å². The molecule has 166 valence electrons. The van der Waals surface area contributed by atoms with Crippen LogP contribution in [0.1, 0.15) is 5.56 Å². The number of aliphatic imine (C=N–C) groups is 1. The number of fused-ring (bicyclic) bond motifs is 1. The first-order chi connectivity index (χ1) is 15.9. The number of aromatic hydroxyl groups is 1. The lowest BCUT2D eigenvalue weighted by atomic mass is 10.2. The van der Waals surface area contributed by atoms with Gasteiger partial charge in [0.15, 0.2) is 4.34 Å². The Morgan fingerprint density at radius 2 is 2.06 bits per heavy atom. The van der Waals surface area contributed by atoms with Gasteiger partial charge in [-0.3, -0.25) is 19.9 Å². The fourth-order valence-corrected chi connectivity index (χ4v) is 4.71. The first-order valence-corrected chi connectivity index (χ1v) is 11.3. The monoisotopic (exact) mass is 482 g/mol. The number of benzene rings is 3. The zero-order valence-electron chi connectivity index (χ0n) is 16.8. The number of hydrogen-bond donors (Lipinski definition) is 2. The molecule has 8 nitrogen and oxygen atoms in total. The minimum atomic E-state index is -0.546. The van der Waals surface area contributed by atoms with Crippen molar-refractivity contribution in [3.05, 3.63) is 82.2 Å². The Bertz CT molecular complexity index is 1390. The minimum absolute atomic E-state index is 0.0746. The molecule has 33 heavy (non-hydrogen) atoms. The smallest absolute Gasteiger partial charge is 0.270 e. The van der Waals surface area contributed by atoms with Crippen molar-refractivity contribution in [2.24, 2.45) is 4.99 Å². The number of carbonyl (C=O) groups is 1. The Hall–Kier alpha value is -3.83. The molecule has 0 aliphatic rings. The van der Waals surface area contributed by atoms with Crippen molar-refractivity contribution in [2.75, 3.05) is 11.1 Å².